The van der Waals surface area contributed by atoms with E-state index in [4.69, 9.17) is 0 Å². The third kappa shape index (κ3) is 2.03. The van der Waals surface area contributed by atoms with Crippen molar-refractivity contribution < 1.29 is 0 Å². The Morgan fingerprint density at radius 3 is 2.87 bits per heavy atom. The number of hydrogen-bond acceptors (Lipinski definition) is 2. The number of nitrogens with zero attached hydrogens (tertiary/aromatic N) is 1. The van der Waals surface area contributed by atoms with Crippen LogP contribution in [0.5, 0.6) is 0 Å². The van der Waals surface area contributed by atoms with E-state index in [2.05, 4.69) is 47.0 Å². The molecule has 0 amide bonds. The number of rotatable bonds is 3. The summed E-state index contributed by atoms with van der Waals surface area (Å²) in [7, 11) is 0. The molecule has 3 heteroatoms. The summed E-state index contributed by atoms with van der Waals surface area (Å²) in [5, 5.41) is 3.57. The van der Waals surface area contributed by atoms with Crippen LogP contribution in [-0.2, 0) is 0 Å². The van der Waals surface area contributed by atoms with Crippen molar-refractivity contribution in [2.24, 2.45) is 11.3 Å². The fourth-order valence-corrected chi connectivity index (χ4v) is 2.28. The summed E-state index contributed by atoms with van der Waals surface area (Å²) < 4.78 is 1.04. The third-order valence-corrected chi connectivity index (χ3v) is 4.33. The van der Waals surface area contributed by atoms with Gasteiger partial charge in [-0.25, -0.2) is 0 Å². The first-order chi connectivity index (χ1) is 7.04. The van der Waals surface area contributed by atoms with E-state index in [1.807, 2.05) is 18.5 Å². The summed E-state index contributed by atoms with van der Waals surface area (Å²) in [6, 6.07) is 2.62. The number of hydrogen-bond donors (Lipinski definition) is 1. The van der Waals surface area contributed by atoms with Crippen molar-refractivity contribution >= 4 is 21.6 Å². The average Bonchev–Trinajstić information content (AvgIpc) is 2.83. The molecule has 2 atom stereocenters. The lowest BCUT2D eigenvalue weighted by Gasteiger charge is -2.17. The largest absolute Gasteiger partial charge is 0.381 e. The molecule has 1 aromatic rings. The van der Waals surface area contributed by atoms with E-state index in [0.717, 1.165) is 16.1 Å². The molecule has 1 heterocycles. The zero-order valence-corrected chi connectivity index (χ0v) is 11.0. The van der Waals surface area contributed by atoms with Gasteiger partial charge >= 0.3 is 0 Å². The van der Waals surface area contributed by atoms with Crippen LogP contribution in [0.3, 0.4) is 0 Å². The molecule has 2 unspecified atom stereocenters. The van der Waals surface area contributed by atoms with Crippen molar-refractivity contribution in [3.8, 4) is 0 Å². The van der Waals surface area contributed by atoms with Gasteiger partial charge in [0.2, 0.25) is 0 Å². The second kappa shape index (κ2) is 3.78. The zero-order chi connectivity index (χ0) is 11.1. The van der Waals surface area contributed by atoms with Gasteiger partial charge < -0.3 is 5.32 Å². The second-order valence-corrected chi connectivity index (χ2v) is 5.77. The van der Waals surface area contributed by atoms with Gasteiger partial charge in [0.25, 0.3) is 0 Å². The Hall–Kier alpha value is -0.570. The van der Waals surface area contributed by atoms with Gasteiger partial charge in [-0.3, -0.25) is 4.98 Å². The number of pyridine rings is 1. The van der Waals surface area contributed by atoms with Gasteiger partial charge in [-0.15, -0.1) is 0 Å². The highest BCUT2D eigenvalue weighted by molar-refractivity contribution is 9.10. The lowest BCUT2D eigenvalue weighted by atomic mass is 9.94. The number of nitrogens with one attached hydrogen (secondary N) is 1. The minimum atomic E-state index is 0.461. The number of anilines is 1. The van der Waals surface area contributed by atoms with Gasteiger partial charge in [0, 0.05) is 18.4 Å². The molecule has 1 aromatic heterocycles. The molecule has 0 bridgehead atoms. The molecule has 1 N–H and O–H groups in total. The molecule has 0 aliphatic heterocycles. The van der Waals surface area contributed by atoms with Gasteiger partial charge in [-0.05, 0) is 39.8 Å². The molecule has 1 fully saturated rings. The van der Waals surface area contributed by atoms with Crippen LogP contribution in [-0.4, -0.2) is 11.0 Å². The summed E-state index contributed by atoms with van der Waals surface area (Å²) in [6.45, 7) is 6.94. The molecular formula is C12H17BrN2. The first kappa shape index (κ1) is 10.9. The standard InChI is InChI=1S/C12H17BrN2/c1-8(2)12(3)6-11(12)15-10-4-5-14-7-9(10)13/h4-5,7-8,11H,6H2,1-3H3,(H,14,15). The topological polar surface area (TPSA) is 24.9 Å². The van der Waals surface area contributed by atoms with E-state index >= 15 is 0 Å². The first-order valence-electron chi connectivity index (χ1n) is 5.40. The van der Waals surface area contributed by atoms with Crippen LogP contribution in [0, 0.1) is 11.3 Å². The summed E-state index contributed by atoms with van der Waals surface area (Å²) >= 11 is 3.50. The fraction of sp³-hybridized carbons (Fsp3) is 0.583. The Labute approximate surface area is 99.6 Å². The maximum atomic E-state index is 4.06. The normalized spacial score (nSPS) is 29.3. The molecule has 82 valence electrons. The van der Waals surface area contributed by atoms with E-state index in [1.165, 1.54) is 6.42 Å². The van der Waals surface area contributed by atoms with E-state index < -0.39 is 0 Å². The Balaban J connectivity index is 2.04. The molecule has 1 aliphatic rings. The highest BCUT2D eigenvalue weighted by atomic mass is 79.9. The Morgan fingerprint density at radius 2 is 2.33 bits per heavy atom. The predicted molar refractivity (Wildman–Crippen MR) is 66.9 cm³/mol. The lowest BCUT2D eigenvalue weighted by molar-refractivity contribution is 0.388. The maximum Gasteiger partial charge on any atom is 0.0590 e. The SMILES string of the molecule is CC(C)C1(C)CC1Nc1ccncc1Br. The Morgan fingerprint density at radius 1 is 1.60 bits per heavy atom. The van der Waals surface area contributed by atoms with Crippen molar-refractivity contribution in [2.75, 3.05) is 5.32 Å². The minimum Gasteiger partial charge on any atom is -0.381 e. The highest BCUT2D eigenvalue weighted by Gasteiger charge is 2.52. The van der Waals surface area contributed by atoms with Crippen molar-refractivity contribution in [1.29, 1.82) is 0 Å². The highest BCUT2D eigenvalue weighted by Crippen LogP contribution is 2.53. The van der Waals surface area contributed by atoms with Gasteiger partial charge in [0.1, 0.15) is 0 Å². The average molecular weight is 269 g/mol. The zero-order valence-electron chi connectivity index (χ0n) is 9.42. The summed E-state index contributed by atoms with van der Waals surface area (Å²) in [6.07, 6.45) is 4.92. The van der Waals surface area contributed by atoms with Crippen LogP contribution in [0.1, 0.15) is 27.2 Å². The van der Waals surface area contributed by atoms with Crippen LogP contribution in [0.4, 0.5) is 5.69 Å². The third-order valence-electron chi connectivity index (χ3n) is 3.70. The second-order valence-electron chi connectivity index (χ2n) is 4.92. The molecule has 0 radical (unpaired) electrons. The van der Waals surface area contributed by atoms with E-state index in [1.54, 1.807) is 0 Å². The quantitative estimate of drug-likeness (QED) is 0.905. The van der Waals surface area contributed by atoms with Crippen LogP contribution in [0.25, 0.3) is 0 Å². The minimum absolute atomic E-state index is 0.461. The molecule has 0 spiro atoms. The predicted octanol–water partition coefficient (Wildman–Crippen LogP) is 3.69. The lowest BCUT2D eigenvalue weighted by Crippen LogP contribution is -2.16. The summed E-state index contributed by atoms with van der Waals surface area (Å²) in [5.74, 6) is 0.732. The number of aromatic nitrogens is 1. The van der Waals surface area contributed by atoms with Crippen LogP contribution in [0.2, 0.25) is 0 Å². The smallest absolute Gasteiger partial charge is 0.0590 e. The van der Waals surface area contributed by atoms with E-state index in [9.17, 15) is 0 Å². The van der Waals surface area contributed by atoms with Crippen molar-refractivity contribution in [3.63, 3.8) is 0 Å². The molecule has 0 aromatic carbocycles. The van der Waals surface area contributed by atoms with Crippen LogP contribution in [0.15, 0.2) is 22.9 Å². The van der Waals surface area contributed by atoms with Crippen LogP contribution < -0.4 is 5.32 Å². The molecule has 2 nitrogen and oxygen atoms in total. The summed E-state index contributed by atoms with van der Waals surface area (Å²) in [4.78, 5) is 4.06. The van der Waals surface area contributed by atoms with Crippen molar-refractivity contribution in [2.45, 2.75) is 33.2 Å². The Bertz CT molecular complexity index is 364. The van der Waals surface area contributed by atoms with Gasteiger partial charge in [0.15, 0.2) is 0 Å². The molecular weight excluding hydrogens is 252 g/mol. The molecule has 0 saturated heterocycles. The number of halogens is 1. The monoisotopic (exact) mass is 268 g/mol. The van der Waals surface area contributed by atoms with Crippen molar-refractivity contribution in [1.82, 2.24) is 4.98 Å². The van der Waals surface area contributed by atoms with E-state index in [-0.39, 0.29) is 0 Å². The van der Waals surface area contributed by atoms with E-state index in [0.29, 0.717) is 11.5 Å². The van der Waals surface area contributed by atoms with Crippen molar-refractivity contribution in [3.05, 3.63) is 22.9 Å². The fourth-order valence-electron chi connectivity index (χ4n) is 1.91. The maximum absolute atomic E-state index is 4.06. The first-order valence-corrected chi connectivity index (χ1v) is 6.19. The molecule has 2 rings (SSSR count). The molecule has 1 saturated carbocycles. The molecule has 1 aliphatic carbocycles. The van der Waals surface area contributed by atoms with Gasteiger partial charge in [0.05, 0.1) is 10.2 Å². The van der Waals surface area contributed by atoms with Gasteiger partial charge in [-0.1, -0.05) is 20.8 Å². The summed E-state index contributed by atoms with van der Waals surface area (Å²) in [5.41, 5.74) is 1.61. The van der Waals surface area contributed by atoms with Crippen LogP contribution >= 0.6 is 15.9 Å². The molecule has 15 heavy (non-hydrogen) atoms. The van der Waals surface area contributed by atoms with Gasteiger partial charge in [-0.2, -0.15) is 0 Å². The Kier molecular flexibility index (Phi) is 2.75.